The van der Waals surface area contributed by atoms with Gasteiger partial charge in [-0.05, 0) is 56.3 Å². The smallest absolute Gasteiger partial charge is 0.254 e. The Kier molecular flexibility index (Phi) is 8.03. The number of nitrogens with zero attached hydrogens (tertiary/aromatic N) is 3. The first-order chi connectivity index (χ1) is 15.8. The molecule has 0 bridgehead atoms. The molecule has 1 fully saturated rings. The van der Waals surface area contributed by atoms with E-state index in [9.17, 15) is 18.8 Å². The van der Waals surface area contributed by atoms with Crippen molar-refractivity contribution in [2.75, 3.05) is 42.9 Å². The Morgan fingerprint density at radius 2 is 1.70 bits per heavy atom. The quantitative estimate of drug-likeness (QED) is 0.696. The highest BCUT2D eigenvalue weighted by molar-refractivity contribution is 5.95. The van der Waals surface area contributed by atoms with Gasteiger partial charge in [-0.1, -0.05) is 13.0 Å². The first-order valence-corrected chi connectivity index (χ1v) is 11.3. The van der Waals surface area contributed by atoms with E-state index in [1.807, 2.05) is 38.1 Å². The van der Waals surface area contributed by atoms with Gasteiger partial charge in [0, 0.05) is 55.6 Å². The molecule has 1 heterocycles. The van der Waals surface area contributed by atoms with Gasteiger partial charge in [0.15, 0.2) is 0 Å². The fraction of sp³-hybridized carbons (Fsp3) is 0.400. The minimum absolute atomic E-state index is 0.0212. The van der Waals surface area contributed by atoms with Gasteiger partial charge in [0.25, 0.3) is 5.91 Å². The normalized spacial score (nSPS) is 13.7. The van der Waals surface area contributed by atoms with Crippen LogP contribution in [-0.4, -0.2) is 66.3 Å². The predicted molar refractivity (Wildman–Crippen MR) is 127 cm³/mol. The Balaban J connectivity index is 1.53. The number of halogens is 1. The summed E-state index contributed by atoms with van der Waals surface area (Å²) in [7, 11) is 0. The third kappa shape index (κ3) is 6.31. The summed E-state index contributed by atoms with van der Waals surface area (Å²) in [5.41, 5.74) is 2.02. The monoisotopic (exact) mass is 454 g/mol. The van der Waals surface area contributed by atoms with Crippen LogP contribution in [-0.2, 0) is 9.59 Å². The van der Waals surface area contributed by atoms with E-state index in [1.54, 1.807) is 28.9 Å². The van der Waals surface area contributed by atoms with Crippen LogP contribution in [0.15, 0.2) is 48.5 Å². The fourth-order valence-electron chi connectivity index (χ4n) is 3.84. The van der Waals surface area contributed by atoms with Crippen molar-refractivity contribution in [1.29, 1.82) is 0 Å². The van der Waals surface area contributed by atoms with Crippen LogP contribution in [0.4, 0.5) is 15.8 Å². The molecule has 0 aliphatic carbocycles. The van der Waals surface area contributed by atoms with Crippen LogP contribution in [0.25, 0.3) is 0 Å². The van der Waals surface area contributed by atoms with Crippen molar-refractivity contribution in [3.05, 3.63) is 59.9 Å². The third-order valence-electron chi connectivity index (χ3n) is 5.71. The summed E-state index contributed by atoms with van der Waals surface area (Å²) in [4.78, 5) is 42.5. The van der Waals surface area contributed by atoms with E-state index in [0.29, 0.717) is 43.9 Å². The zero-order valence-corrected chi connectivity index (χ0v) is 19.4. The van der Waals surface area contributed by atoms with Gasteiger partial charge in [0.1, 0.15) is 12.4 Å². The molecule has 8 heteroatoms. The topological polar surface area (TPSA) is 73.0 Å². The molecule has 0 atom stereocenters. The summed E-state index contributed by atoms with van der Waals surface area (Å²) in [5, 5.41) is 2.85. The lowest BCUT2D eigenvalue weighted by Crippen LogP contribution is -2.48. The molecule has 1 aliphatic heterocycles. The van der Waals surface area contributed by atoms with Crippen LogP contribution in [0.2, 0.25) is 0 Å². The summed E-state index contributed by atoms with van der Waals surface area (Å²) in [6.45, 7) is 8.00. The van der Waals surface area contributed by atoms with Gasteiger partial charge in [0.05, 0.1) is 0 Å². The third-order valence-corrected chi connectivity index (χ3v) is 5.71. The van der Waals surface area contributed by atoms with Crippen LogP contribution in [0.5, 0.6) is 0 Å². The zero-order valence-electron chi connectivity index (χ0n) is 19.4. The molecule has 0 aromatic heterocycles. The number of nitrogens with one attached hydrogen (secondary N) is 1. The highest BCUT2D eigenvalue weighted by atomic mass is 19.1. The van der Waals surface area contributed by atoms with Crippen molar-refractivity contribution < 1.29 is 18.8 Å². The van der Waals surface area contributed by atoms with Crippen molar-refractivity contribution in [2.45, 2.75) is 33.2 Å². The largest absolute Gasteiger partial charge is 0.368 e. The van der Waals surface area contributed by atoms with E-state index < -0.39 is 5.82 Å². The Hall–Kier alpha value is -3.42. The van der Waals surface area contributed by atoms with Gasteiger partial charge < -0.3 is 20.0 Å². The van der Waals surface area contributed by atoms with Crippen molar-refractivity contribution in [2.24, 2.45) is 0 Å². The number of piperazine rings is 1. The summed E-state index contributed by atoms with van der Waals surface area (Å²) in [6.07, 6.45) is 0.362. The number of hydrogen-bond donors (Lipinski definition) is 1. The number of carbonyl (C=O) groups is 3. The van der Waals surface area contributed by atoms with Crippen LogP contribution < -0.4 is 10.2 Å². The number of amides is 3. The standard InChI is InChI=1S/C25H31FN4O3/c1-4-24(32)30(18(2)3)17-23(31)27-21-8-10-22(11-9-21)28-12-14-29(15-13-28)25(33)19-6-5-7-20(26)16-19/h5-11,16,18H,4,12-15,17H2,1-3H3,(H,27,31). The average molecular weight is 455 g/mol. The molecule has 2 aromatic carbocycles. The molecule has 1 aliphatic rings. The van der Waals surface area contributed by atoms with Crippen molar-refractivity contribution in [3.8, 4) is 0 Å². The summed E-state index contributed by atoms with van der Waals surface area (Å²) >= 11 is 0. The predicted octanol–water partition coefficient (Wildman–Crippen LogP) is 3.37. The van der Waals surface area contributed by atoms with Gasteiger partial charge in [-0.3, -0.25) is 14.4 Å². The Bertz CT molecular complexity index is 985. The van der Waals surface area contributed by atoms with E-state index in [-0.39, 0.29) is 30.3 Å². The molecule has 7 nitrogen and oxygen atoms in total. The first-order valence-electron chi connectivity index (χ1n) is 11.3. The highest BCUT2D eigenvalue weighted by Crippen LogP contribution is 2.20. The van der Waals surface area contributed by atoms with Crippen molar-refractivity contribution in [3.63, 3.8) is 0 Å². The number of rotatable bonds is 7. The van der Waals surface area contributed by atoms with E-state index >= 15 is 0 Å². The molecule has 176 valence electrons. The second-order valence-corrected chi connectivity index (χ2v) is 8.35. The van der Waals surface area contributed by atoms with Gasteiger partial charge in [-0.25, -0.2) is 4.39 Å². The molecular weight excluding hydrogens is 423 g/mol. The maximum atomic E-state index is 13.4. The van der Waals surface area contributed by atoms with Crippen LogP contribution >= 0.6 is 0 Å². The lowest BCUT2D eigenvalue weighted by Gasteiger charge is -2.36. The second kappa shape index (κ2) is 10.9. The lowest BCUT2D eigenvalue weighted by atomic mass is 10.1. The number of carbonyl (C=O) groups excluding carboxylic acids is 3. The lowest BCUT2D eigenvalue weighted by molar-refractivity contribution is -0.136. The molecule has 0 spiro atoms. The Morgan fingerprint density at radius 1 is 1.03 bits per heavy atom. The molecule has 0 saturated carbocycles. The van der Waals surface area contributed by atoms with E-state index in [2.05, 4.69) is 10.2 Å². The molecule has 2 aromatic rings. The summed E-state index contributed by atoms with van der Waals surface area (Å²) < 4.78 is 13.4. The molecule has 33 heavy (non-hydrogen) atoms. The Morgan fingerprint density at radius 3 is 2.27 bits per heavy atom. The molecule has 0 unspecified atom stereocenters. The van der Waals surface area contributed by atoms with Gasteiger partial charge in [-0.15, -0.1) is 0 Å². The maximum Gasteiger partial charge on any atom is 0.254 e. The van der Waals surface area contributed by atoms with Gasteiger partial charge in [-0.2, -0.15) is 0 Å². The number of benzene rings is 2. The zero-order chi connectivity index (χ0) is 24.0. The number of hydrogen-bond acceptors (Lipinski definition) is 4. The van der Waals surface area contributed by atoms with Gasteiger partial charge >= 0.3 is 0 Å². The van der Waals surface area contributed by atoms with Gasteiger partial charge in [0.2, 0.25) is 11.8 Å². The average Bonchev–Trinajstić information content (AvgIpc) is 2.82. The first kappa shape index (κ1) is 24.2. The fourth-order valence-corrected chi connectivity index (χ4v) is 3.84. The SMILES string of the molecule is CCC(=O)N(CC(=O)Nc1ccc(N2CCN(C(=O)c3cccc(F)c3)CC2)cc1)C(C)C. The molecule has 0 radical (unpaired) electrons. The highest BCUT2D eigenvalue weighted by Gasteiger charge is 2.23. The second-order valence-electron chi connectivity index (χ2n) is 8.35. The Labute approximate surface area is 194 Å². The minimum atomic E-state index is -0.416. The minimum Gasteiger partial charge on any atom is -0.368 e. The van der Waals surface area contributed by atoms with Crippen LogP contribution in [0, 0.1) is 5.82 Å². The number of anilines is 2. The maximum absolute atomic E-state index is 13.4. The van der Waals surface area contributed by atoms with E-state index in [0.717, 1.165) is 5.69 Å². The molecular formula is C25H31FN4O3. The molecule has 1 saturated heterocycles. The van der Waals surface area contributed by atoms with Crippen LogP contribution in [0.3, 0.4) is 0 Å². The van der Waals surface area contributed by atoms with Crippen molar-refractivity contribution in [1.82, 2.24) is 9.80 Å². The molecule has 1 N–H and O–H groups in total. The summed E-state index contributed by atoms with van der Waals surface area (Å²) in [5.74, 6) is -0.863. The van der Waals surface area contributed by atoms with E-state index in [1.165, 1.54) is 12.1 Å². The van der Waals surface area contributed by atoms with E-state index in [4.69, 9.17) is 0 Å². The van der Waals surface area contributed by atoms with Crippen molar-refractivity contribution >= 4 is 29.1 Å². The summed E-state index contributed by atoms with van der Waals surface area (Å²) in [6, 6.07) is 13.2. The molecule has 3 rings (SSSR count). The molecule has 3 amide bonds. The van der Waals surface area contributed by atoms with Crippen LogP contribution in [0.1, 0.15) is 37.6 Å².